The normalized spacial score (nSPS) is 14.8. The van der Waals surface area contributed by atoms with Crippen LogP contribution in [0.3, 0.4) is 0 Å². The number of amides is 1. The van der Waals surface area contributed by atoms with E-state index >= 15 is 0 Å². The number of rotatable bonds is 8. The largest absolute Gasteiger partial charge is 0.486 e. The molecule has 3 aromatic carbocycles. The maximum absolute atomic E-state index is 11.8. The van der Waals surface area contributed by atoms with Crippen LogP contribution < -0.4 is 20.9 Å². The Morgan fingerprint density at radius 3 is 2.42 bits per heavy atom. The molecule has 208 valence electrons. The molecule has 0 radical (unpaired) electrons. The lowest BCUT2D eigenvalue weighted by Crippen LogP contribution is -2.40. The monoisotopic (exact) mass is 541 g/mol. The number of nitrogen functional groups attached to an aromatic ring is 1. The van der Waals surface area contributed by atoms with Crippen LogP contribution in [-0.4, -0.2) is 57.3 Å². The number of aryl methyl sites for hydroxylation is 1. The Kier molecular flexibility index (Phi) is 7.34. The molecule has 5 rings (SSSR count). The number of ether oxygens (including phenoxy) is 2. The molecular weight excluding hydrogens is 506 g/mol. The molecule has 6 N–H and O–H groups in total. The number of carbonyl (C=O) groups excluding carboxylic acids is 1. The fourth-order valence-electron chi connectivity index (χ4n) is 5.28. The Balaban J connectivity index is 1.54. The summed E-state index contributed by atoms with van der Waals surface area (Å²) in [5.74, 6) is 1.79. The number of nitrogens with one attached hydrogen (secondary N) is 2. The molecule has 0 bridgehead atoms. The smallest absolute Gasteiger partial charge is 0.258 e. The Morgan fingerprint density at radius 1 is 1.07 bits per heavy atom. The first-order valence-corrected chi connectivity index (χ1v) is 13.4. The summed E-state index contributed by atoms with van der Waals surface area (Å²) < 4.78 is 14.6. The SMILES string of the molecule is CC(=N)N1CCC(Oc2cc3c(cc2OC(C)C(N)=O)nc(C)n3Cc2ccc(C(=N)N)c3ccccc23)CC1. The van der Waals surface area contributed by atoms with Crippen molar-refractivity contribution in [3.63, 3.8) is 0 Å². The summed E-state index contributed by atoms with van der Waals surface area (Å²) in [5, 5.41) is 17.8. The number of hydrogen-bond acceptors (Lipinski definition) is 6. The second-order valence-corrected chi connectivity index (χ2v) is 10.3. The number of imidazole rings is 1. The number of primary amides is 1. The van der Waals surface area contributed by atoms with Crippen LogP contribution in [0.4, 0.5) is 0 Å². The van der Waals surface area contributed by atoms with Gasteiger partial charge in [-0.05, 0) is 37.1 Å². The standard InChI is InChI=1S/C30H35N7O3/c1-17(30(34)38)39-27-14-25-26(15-28(27)40-21-10-12-36(13-11-21)18(2)31)37(19(3)35-25)16-20-8-9-24(29(32)33)23-7-5-4-6-22(20)23/h4-9,14-15,17,21,31H,10-13,16H2,1-3H3,(H3,32,33)(H2,34,38). The first kappa shape index (κ1) is 27.0. The predicted molar refractivity (Wildman–Crippen MR) is 156 cm³/mol. The van der Waals surface area contributed by atoms with Crippen molar-refractivity contribution in [1.82, 2.24) is 14.5 Å². The summed E-state index contributed by atoms with van der Waals surface area (Å²) in [6.45, 7) is 7.41. The number of likely N-dealkylation sites (tertiary alicyclic amines) is 1. The van der Waals surface area contributed by atoms with Crippen molar-refractivity contribution in [3.05, 3.63) is 65.5 Å². The van der Waals surface area contributed by atoms with Gasteiger partial charge >= 0.3 is 0 Å². The van der Waals surface area contributed by atoms with Crippen LogP contribution in [-0.2, 0) is 11.3 Å². The molecule has 1 aromatic heterocycles. The zero-order chi connectivity index (χ0) is 28.6. The van der Waals surface area contributed by atoms with E-state index in [1.807, 2.05) is 54.3 Å². The first-order chi connectivity index (χ1) is 19.1. The molecule has 1 fully saturated rings. The molecule has 4 aromatic rings. The van der Waals surface area contributed by atoms with Crippen molar-refractivity contribution < 1.29 is 14.3 Å². The zero-order valence-corrected chi connectivity index (χ0v) is 23.0. The van der Waals surface area contributed by atoms with Gasteiger partial charge in [0, 0.05) is 50.2 Å². The van der Waals surface area contributed by atoms with Crippen molar-refractivity contribution >= 4 is 39.4 Å². The highest BCUT2D eigenvalue weighted by Crippen LogP contribution is 2.36. The average Bonchev–Trinajstić information content (AvgIpc) is 3.22. The Hall–Kier alpha value is -4.60. The van der Waals surface area contributed by atoms with Gasteiger partial charge in [-0.25, -0.2) is 4.98 Å². The summed E-state index contributed by atoms with van der Waals surface area (Å²) in [6, 6.07) is 15.6. The molecular formula is C30H35N7O3. The van der Waals surface area contributed by atoms with Gasteiger partial charge in [0.15, 0.2) is 17.6 Å². The van der Waals surface area contributed by atoms with Gasteiger partial charge in [0.05, 0.1) is 16.9 Å². The first-order valence-electron chi connectivity index (χ1n) is 13.4. The Labute approximate surface area is 232 Å². The van der Waals surface area contributed by atoms with Crippen LogP contribution in [0.25, 0.3) is 21.8 Å². The van der Waals surface area contributed by atoms with E-state index in [4.69, 9.17) is 36.7 Å². The lowest BCUT2D eigenvalue weighted by Gasteiger charge is -2.33. The molecule has 1 aliphatic heterocycles. The molecule has 1 unspecified atom stereocenters. The fourth-order valence-corrected chi connectivity index (χ4v) is 5.28. The number of hydrogen-bond donors (Lipinski definition) is 4. The van der Waals surface area contributed by atoms with Crippen LogP contribution >= 0.6 is 0 Å². The Bertz CT molecular complexity index is 1620. The minimum Gasteiger partial charge on any atom is -0.486 e. The van der Waals surface area contributed by atoms with Crippen molar-refractivity contribution in [1.29, 1.82) is 10.8 Å². The predicted octanol–water partition coefficient (Wildman–Crippen LogP) is 3.92. The summed E-state index contributed by atoms with van der Waals surface area (Å²) in [5.41, 5.74) is 14.7. The third-order valence-electron chi connectivity index (χ3n) is 7.55. The molecule has 0 aliphatic carbocycles. The molecule has 10 heteroatoms. The number of nitrogens with zero attached hydrogens (tertiary/aromatic N) is 3. The third-order valence-corrected chi connectivity index (χ3v) is 7.55. The lowest BCUT2D eigenvalue weighted by molar-refractivity contribution is -0.124. The van der Waals surface area contributed by atoms with E-state index in [0.717, 1.165) is 59.1 Å². The van der Waals surface area contributed by atoms with E-state index < -0.39 is 12.0 Å². The van der Waals surface area contributed by atoms with E-state index in [1.165, 1.54) is 0 Å². The lowest BCUT2D eigenvalue weighted by atomic mass is 9.99. The molecule has 1 saturated heterocycles. The number of benzene rings is 3. The molecule has 40 heavy (non-hydrogen) atoms. The molecule has 0 spiro atoms. The van der Waals surface area contributed by atoms with Gasteiger partial charge in [-0.3, -0.25) is 15.6 Å². The van der Waals surface area contributed by atoms with E-state index in [9.17, 15) is 4.79 Å². The van der Waals surface area contributed by atoms with Crippen LogP contribution in [0.1, 0.15) is 43.6 Å². The second-order valence-electron chi connectivity index (χ2n) is 10.3. The molecule has 1 aliphatic rings. The minimum atomic E-state index is -0.837. The summed E-state index contributed by atoms with van der Waals surface area (Å²) in [6.07, 6.45) is 0.647. The van der Waals surface area contributed by atoms with Gasteiger partial charge in [0.25, 0.3) is 5.91 Å². The molecule has 10 nitrogen and oxygen atoms in total. The van der Waals surface area contributed by atoms with E-state index in [2.05, 4.69) is 4.57 Å². The highest BCUT2D eigenvalue weighted by molar-refractivity contribution is 6.08. The number of carbonyl (C=O) groups is 1. The van der Waals surface area contributed by atoms with Gasteiger partial charge in [-0.1, -0.05) is 36.4 Å². The van der Waals surface area contributed by atoms with Crippen molar-refractivity contribution in [2.45, 2.75) is 52.4 Å². The number of amidine groups is 2. The van der Waals surface area contributed by atoms with Gasteiger partial charge < -0.3 is 30.4 Å². The molecule has 1 amide bonds. The van der Waals surface area contributed by atoms with Crippen molar-refractivity contribution in [2.24, 2.45) is 11.5 Å². The van der Waals surface area contributed by atoms with E-state index in [-0.39, 0.29) is 11.9 Å². The summed E-state index contributed by atoms with van der Waals surface area (Å²) in [7, 11) is 0. The van der Waals surface area contributed by atoms with E-state index in [1.54, 1.807) is 19.9 Å². The molecule has 1 atom stereocenters. The minimum absolute atomic E-state index is 0.0353. The summed E-state index contributed by atoms with van der Waals surface area (Å²) >= 11 is 0. The third kappa shape index (κ3) is 5.29. The zero-order valence-electron chi connectivity index (χ0n) is 23.0. The maximum atomic E-state index is 11.8. The number of nitrogens with two attached hydrogens (primary N) is 2. The van der Waals surface area contributed by atoms with Crippen molar-refractivity contribution in [2.75, 3.05) is 13.1 Å². The van der Waals surface area contributed by atoms with Crippen LogP contribution in [0.2, 0.25) is 0 Å². The highest BCUT2D eigenvalue weighted by atomic mass is 16.5. The van der Waals surface area contributed by atoms with Gasteiger partial charge in [0.1, 0.15) is 17.8 Å². The van der Waals surface area contributed by atoms with Gasteiger partial charge in [-0.15, -0.1) is 0 Å². The van der Waals surface area contributed by atoms with Crippen molar-refractivity contribution in [3.8, 4) is 11.5 Å². The average molecular weight is 542 g/mol. The van der Waals surface area contributed by atoms with Crippen LogP contribution in [0.5, 0.6) is 11.5 Å². The number of fused-ring (bicyclic) bond motifs is 2. The molecule has 0 saturated carbocycles. The highest BCUT2D eigenvalue weighted by Gasteiger charge is 2.24. The quantitative estimate of drug-likeness (QED) is 0.196. The Morgan fingerprint density at radius 2 is 1.77 bits per heavy atom. The topological polar surface area (TPSA) is 156 Å². The molecule has 2 heterocycles. The maximum Gasteiger partial charge on any atom is 0.258 e. The van der Waals surface area contributed by atoms with Gasteiger partial charge in [-0.2, -0.15) is 0 Å². The fraction of sp³-hybridized carbons (Fsp3) is 0.333. The van der Waals surface area contributed by atoms with Crippen LogP contribution in [0, 0.1) is 17.7 Å². The second kappa shape index (κ2) is 10.9. The van der Waals surface area contributed by atoms with E-state index in [0.29, 0.717) is 29.4 Å². The number of aromatic nitrogens is 2. The van der Waals surface area contributed by atoms with Crippen LogP contribution in [0.15, 0.2) is 48.5 Å². The summed E-state index contributed by atoms with van der Waals surface area (Å²) in [4.78, 5) is 18.6. The van der Waals surface area contributed by atoms with Gasteiger partial charge in [0.2, 0.25) is 0 Å². The number of piperidine rings is 1.